The zero-order valence-electron chi connectivity index (χ0n) is 31.7. The van der Waals surface area contributed by atoms with Crippen molar-refractivity contribution in [2.24, 2.45) is 5.92 Å². The Morgan fingerprint density at radius 2 is 2.00 bits per heavy atom. The molecular formula is C37H53ClN2O11S2. The van der Waals surface area contributed by atoms with E-state index in [2.05, 4.69) is 5.32 Å². The fraction of sp³-hybridized carbons (Fsp3) is 0.649. The summed E-state index contributed by atoms with van der Waals surface area (Å²) in [6.07, 6.45) is 3.87. The SMILES string of the molecule is COc1cc2cc(c1Cl)N(C)C(=O)C[C@H](OC(=O)C(COCCCSSC)OC)[C@]1(C)O[C@H]1C[C@H](C)[C@@H]1C[C@@](O)(NC(=O)O1)[C@H](OC)/C=C/C=C(\C)C2. The minimum atomic E-state index is -1.76. The lowest BCUT2D eigenvalue weighted by Crippen LogP contribution is -2.63. The number of nitrogens with zero attached hydrogens (tertiary/aromatic N) is 1. The van der Waals surface area contributed by atoms with Crippen molar-refractivity contribution in [1.82, 2.24) is 5.32 Å². The summed E-state index contributed by atoms with van der Waals surface area (Å²) in [4.78, 5) is 41.8. The number of halogens is 1. The Kier molecular flexibility index (Phi) is 15.8. The van der Waals surface area contributed by atoms with Gasteiger partial charge in [0.15, 0.2) is 11.8 Å². The van der Waals surface area contributed by atoms with Gasteiger partial charge in [0.2, 0.25) is 5.91 Å². The van der Waals surface area contributed by atoms with E-state index in [9.17, 15) is 19.5 Å². The predicted octanol–water partition coefficient (Wildman–Crippen LogP) is 5.49. The lowest BCUT2D eigenvalue weighted by atomic mass is 9.85. The fourth-order valence-electron chi connectivity index (χ4n) is 6.58. The number of nitrogens with one attached hydrogen (secondary N) is 1. The molecule has 296 valence electrons. The van der Waals surface area contributed by atoms with Gasteiger partial charge in [0.25, 0.3) is 0 Å². The Hall–Kier alpha value is -2.50. The van der Waals surface area contributed by atoms with Crippen molar-refractivity contribution < 1.29 is 52.6 Å². The smallest absolute Gasteiger partial charge is 0.409 e. The number of rotatable bonds is 12. The molecular weight excluding hydrogens is 748 g/mol. The highest BCUT2D eigenvalue weighted by molar-refractivity contribution is 8.76. The number of methoxy groups -OCH3 is 3. The van der Waals surface area contributed by atoms with E-state index in [1.54, 1.807) is 53.8 Å². The summed E-state index contributed by atoms with van der Waals surface area (Å²) in [5.74, 6) is -0.0752. The molecule has 2 amide bonds. The normalized spacial score (nSPS) is 31.5. The lowest BCUT2D eigenvalue weighted by molar-refractivity contribution is -0.168. The molecule has 4 rings (SSSR count). The molecule has 1 aromatic rings. The number of alkyl carbamates (subject to hydrolysis) is 1. The highest BCUT2D eigenvalue weighted by atomic mass is 35.5. The molecule has 0 saturated carbocycles. The topological polar surface area (TPSA) is 155 Å². The molecule has 3 heterocycles. The maximum absolute atomic E-state index is 14.1. The summed E-state index contributed by atoms with van der Waals surface area (Å²) in [5, 5.41) is 14.5. The molecule has 0 aromatic heterocycles. The Morgan fingerprint density at radius 3 is 2.68 bits per heavy atom. The summed E-state index contributed by atoms with van der Waals surface area (Å²) in [5.41, 5.74) is -0.647. The first-order valence-electron chi connectivity index (χ1n) is 17.5. The second-order valence-corrected chi connectivity index (χ2v) is 16.8. The van der Waals surface area contributed by atoms with Crippen molar-refractivity contribution in [1.29, 1.82) is 0 Å². The van der Waals surface area contributed by atoms with E-state index < -0.39 is 53.9 Å². The fourth-order valence-corrected chi connectivity index (χ4v) is 8.14. The van der Waals surface area contributed by atoms with E-state index in [1.165, 1.54) is 26.2 Å². The van der Waals surface area contributed by atoms with Crippen LogP contribution in [-0.2, 0) is 44.4 Å². The Bertz CT molecular complexity index is 1510. The molecule has 3 aliphatic heterocycles. The van der Waals surface area contributed by atoms with Gasteiger partial charge in [-0.3, -0.25) is 10.1 Å². The van der Waals surface area contributed by atoms with Crippen molar-refractivity contribution in [3.8, 4) is 5.75 Å². The highest BCUT2D eigenvalue weighted by Gasteiger charge is 2.61. The highest BCUT2D eigenvalue weighted by Crippen LogP contribution is 2.47. The quantitative estimate of drug-likeness (QED) is 0.119. The summed E-state index contributed by atoms with van der Waals surface area (Å²) in [6.45, 7) is 6.04. The van der Waals surface area contributed by atoms with Gasteiger partial charge in [-0.05, 0) is 63.0 Å². The van der Waals surface area contributed by atoms with Crippen LogP contribution in [0.25, 0.3) is 0 Å². The number of epoxide rings is 1. The van der Waals surface area contributed by atoms with Crippen LogP contribution in [0.15, 0.2) is 35.9 Å². The van der Waals surface area contributed by atoms with Crippen molar-refractivity contribution in [3.63, 3.8) is 0 Å². The van der Waals surface area contributed by atoms with E-state index in [0.717, 1.165) is 23.3 Å². The summed E-state index contributed by atoms with van der Waals surface area (Å²) in [6, 6.07) is 3.62. The van der Waals surface area contributed by atoms with Gasteiger partial charge in [-0.25, -0.2) is 9.59 Å². The van der Waals surface area contributed by atoms with Gasteiger partial charge >= 0.3 is 12.1 Å². The number of allylic oxidation sites excluding steroid dienone is 3. The molecule has 4 bridgehead atoms. The number of hydrogen-bond donors (Lipinski definition) is 2. The van der Waals surface area contributed by atoms with Gasteiger partial charge in [-0.2, -0.15) is 0 Å². The molecule has 3 aliphatic rings. The molecule has 8 atom stereocenters. The maximum atomic E-state index is 14.1. The van der Waals surface area contributed by atoms with Gasteiger partial charge in [0.05, 0.1) is 31.9 Å². The number of esters is 1. The second-order valence-electron chi connectivity index (χ2n) is 13.8. The monoisotopic (exact) mass is 800 g/mol. The largest absolute Gasteiger partial charge is 0.495 e. The van der Waals surface area contributed by atoms with Gasteiger partial charge < -0.3 is 43.2 Å². The van der Waals surface area contributed by atoms with Crippen molar-refractivity contribution in [3.05, 3.63) is 46.5 Å². The number of hydrogen-bond acceptors (Lipinski definition) is 13. The Balaban J connectivity index is 1.68. The number of benzene rings is 1. The van der Waals surface area contributed by atoms with E-state index in [4.69, 9.17) is 44.8 Å². The first kappa shape index (κ1) is 43.2. The summed E-state index contributed by atoms with van der Waals surface area (Å²) in [7, 11) is 9.37. The molecule has 2 saturated heterocycles. The minimum Gasteiger partial charge on any atom is -0.495 e. The first-order chi connectivity index (χ1) is 25.2. The minimum absolute atomic E-state index is 0.0183. The number of fused-ring (bicyclic) bond motifs is 5. The van der Waals surface area contributed by atoms with Crippen molar-refractivity contribution in [2.75, 3.05) is 58.5 Å². The van der Waals surface area contributed by atoms with Crippen molar-refractivity contribution in [2.45, 2.75) is 94.7 Å². The van der Waals surface area contributed by atoms with Crippen molar-refractivity contribution >= 4 is 56.8 Å². The second kappa shape index (κ2) is 19.4. The van der Waals surface area contributed by atoms with E-state index in [1.807, 2.05) is 32.2 Å². The van der Waals surface area contributed by atoms with Crippen LogP contribution in [-0.4, -0.2) is 119 Å². The molecule has 0 spiro atoms. The number of aliphatic hydroxyl groups is 1. The van der Waals surface area contributed by atoms with Gasteiger partial charge in [-0.1, -0.05) is 63.9 Å². The molecule has 53 heavy (non-hydrogen) atoms. The number of carbonyl (C=O) groups is 3. The molecule has 1 aromatic carbocycles. The van der Waals surface area contributed by atoms with Gasteiger partial charge in [0.1, 0.15) is 34.7 Å². The number of ether oxygens (including phenoxy) is 7. The zero-order valence-corrected chi connectivity index (χ0v) is 34.1. The van der Waals surface area contributed by atoms with Crippen LogP contribution in [0.1, 0.15) is 52.0 Å². The van der Waals surface area contributed by atoms with Crippen LogP contribution in [0.2, 0.25) is 5.02 Å². The average Bonchev–Trinajstić information content (AvgIpc) is 3.78. The van der Waals surface area contributed by atoms with Crippen LogP contribution in [0.3, 0.4) is 0 Å². The summed E-state index contributed by atoms with van der Waals surface area (Å²) < 4.78 is 40.3. The zero-order chi connectivity index (χ0) is 38.9. The third-order valence-corrected chi connectivity index (χ3v) is 12.2. The Labute approximate surface area is 325 Å². The molecule has 0 aliphatic carbocycles. The van der Waals surface area contributed by atoms with E-state index in [-0.39, 0.29) is 36.3 Å². The molecule has 2 N–H and O–H groups in total. The van der Waals surface area contributed by atoms with Gasteiger partial charge in [0, 0.05) is 40.0 Å². The van der Waals surface area contributed by atoms with Crippen LogP contribution < -0.4 is 15.0 Å². The van der Waals surface area contributed by atoms with Gasteiger partial charge in [-0.15, -0.1) is 0 Å². The summed E-state index contributed by atoms with van der Waals surface area (Å²) >= 11 is 6.77. The average molecular weight is 801 g/mol. The standard InChI is InChI=1S/C37H53ClN2O11S2/c1-22-11-9-12-29(47-7)37(44)20-27(49-35(43)39-37)23(2)16-31-36(3,51-31)30(50-34(42)28(46-6)21-48-13-10-14-53-52-8)19-32(41)40(4)25-17-24(15-22)18-26(45-5)33(25)38/h9,11-12,17-18,23,27-31,44H,10,13-16,19-21H2,1-8H3,(H,39,43)/b12-9+,22-11+/t23-,27-,28?,29+,30-,31-,36-,37-/m0/s1. The number of anilines is 1. The van der Waals surface area contributed by atoms with Crippen LogP contribution >= 0.6 is 33.2 Å². The number of amides is 2. The first-order valence-corrected chi connectivity index (χ1v) is 20.6. The van der Waals surface area contributed by atoms with Crippen LogP contribution in [0.5, 0.6) is 5.75 Å². The van der Waals surface area contributed by atoms with E-state index >= 15 is 0 Å². The third kappa shape index (κ3) is 11.1. The maximum Gasteiger partial charge on any atom is 0.409 e. The number of carbonyl (C=O) groups excluding carboxylic acids is 3. The molecule has 2 fully saturated rings. The third-order valence-electron chi connectivity index (χ3n) is 9.91. The predicted molar refractivity (Wildman–Crippen MR) is 206 cm³/mol. The Morgan fingerprint density at radius 1 is 1.25 bits per heavy atom. The molecule has 1 unspecified atom stereocenters. The van der Waals surface area contributed by atoms with Crippen LogP contribution in [0.4, 0.5) is 10.5 Å². The lowest BCUT2D eigenvalue weighted by Gasteiger charge is -2.42. The van der Waals surface area contributed by atoms with E-state index in [0.29, 0.717) is 30.9 Å². The molecule has 0 radical (unpaired) electrons. The van der Waals surface area contributed by atoms with Crippen LogP contribution in [0, 0.1) is 5.92 Å². The molecule has 13 nitrogen and oxygen atoms in total. The molecule has 16 heteroatoms.